The Kier molecular flexibility index (Phi) is 4.58. The fourth-order valence-electron chi connectivity index (χ4n) is 0.609. The normalized spacial score (nSPS) is 10.2. The van der Waals surface area contributed by atoms with Gasteiger partial charge in [-0.25, -0.2) is 4.57 Å². The molecular weight excluding hydrogens is 190 g/mol. The minimum Gasteiger partial charge on any atom is -0.286 e. The molecule has 1 heterocycles. The molecule has 0 aliphatic carbocycles. The Balaban J connectivity index is 0.000000252. The Morgan fingerprint density at radius 2 is 1.85 bits per heavy atom. The molecule has 1 rings (SSSR count). The Morgan fingerprint density at radius 1 is 1.38 bits per heavy atom. The highest BCUT2D eigenvalue weighted by atomic mass is 32.2. The number of aryl methyl sites for hydroxylation is 2. The van der Waals surface area contributed by atoms with E-state index >= 15 is 0 Å². The Bertz CT molecular complexity index is 330. The molecule has 0 unspecified atom stereocenters. The molecule has 0 amide bonds. The van der Waals surface area contributed by atoms with Gasteiger partial charge in [0.15, 0.2) is 11.9 Å². The molecule has 5 heteroatoms. The molecule has 0 aliphatic heterocycles. The van der Waals surface area contributed by atoms with Crippen molar-refractivity contribution in [3.8, 4) is 0 Å². The first kappa shape index (κ1) is 12.1. The number of nitrogens with zero attached hydrogens (tertiary/aromatic N) is 1. The average molecular weight is 204 g/mol. The van der Waals surface area contributed by atoms with Crippen molar-refractivity contribution < 1.29 is 17.5 Å². The monoisotopic (exact) mass is 204 g/mol. The third kappa shape index (κ3) is 8.97. The van der Waals surface area contributed by atoms with Crippen molar-refractivity contribution in [2.75, 3.05) is 6.26 Å². The van der Waals surface area contributed by atoms with Gasteiger partial charge in [0.25, 0.3) is 10.1 Å². The van der Waals surface area contributed by atoms with Crippen molar-refractivity contribution in [2.45, 2.75) is 6.92 Å². The van der Waals surface area contributed by atoms with E-state index in [1.54, 1.807) is 0 Å². The van der Waals surface area contributed by atoms with Crippen LogP contribution in [0.25, 0.3) is 0 Å². The second-order valence-corrected chi connectivity index (χ2v) is 4.15. The minimum atomic E-state index is -3.67. The van der Waals surface area contributed by atoms with Gasteiger partial charge < -0.3 is 0 Å². The van der Waals surface area contributed by atoms with Gasteiger partial charge in [0, 0.05) is 19.1 Å². The van der Waals surface area contributed by atoms with Gasteiger partial charge in [-0.05, 0) is 0 Å². The molecule has 13 heavy (non-hydrogen) atoms. The van der Waals surface area contributed by atoms with Crippen molar-refractivity contribution in [3.63, 3.8) is 0 Å². The highest BCUT2D eigenvalue weighted by molar-refractivity contribution is 7.85. The largest absolute Gasteiger partial charge is 0.286 e. The van der Waals surface area contributed by atoms with E-state index in [1.807, 2.05) is 25.4 Å². The summed E-state index contributed by atoms with van der Waals surface area (Å²) in [5.74, 6) is 0. The third-order valence-electron chi connectivity index (χ3n) is 1.31. The van der Waals surface area contributed by atoms with Crippen molar-refractivity contribution in [1.82, 2.24) is 0 Å². The molecule has 0 saturated heterocycles. The van der Waals surface area contributed by atoms with E-state index < -0.39 is 10.1 Å². The number of rotatable bonds is 0. The lowest BCUT2D eigenvalue weighted by Gasteiger charge is -1.87. The zero-order chi connectivity index (χ0) is 10.5. The maximum absolute atomic E-state index is 9.19. The fourth-order valence-corrected chi connectivity index (χ4v) is 0.609. The van der Waals surface area contributed by atoms with E-state index in [-0.39, 0.29) is 0 Å². The first-order chi connectivity index (χ1) is 5.80. The van der Waals surface area contributed by atoms with Crippen LogP contribution in [-0.2, 0) is 17.2 Å². The van der Waals surface area contributed by atoms with E-state index in [4.69, 9.17) is 4.55 Å². The highest BCUT2D eigenvalue weighted by Gasteiger charge is 1.91. The summed E-state index contributed by atoms with van der Waals surface area (Å²) in [4.78, 5) is 0. The summed E-state index contributed by atoms with van der Waals surface area (Å²) >= 11 is 0. The van der Waals surface area contributed by atoms with Crippen molar-refractivity contribution in [2.24, 2.45) is 7.05 Å². The topological polar surface area (TPSA) is 58.3 Å². The summed E-state index contributed by atoms with van der Waals surface area (Å²) in [5, 5.41) is 0. The van der Waals surface area contributed by atoms with E-state index in [0.717, 1.165) is 0 Å². The number of aromatic nitrogens is 1. The van der Waals surface area contributed by atoms with Crippen molar-refractivity contribution in [1.29, 1.82) is 0 Å². The van der Waals surface area contributed by atoms with E-state index in [1.165, 1.54) is 5.69 Å². The predicted molar refractivity (Wildman–Crippen MR) is 49.8 cm³/mol. The molecule has 74 valence electrons. The third-order valence-corrected chi connectivity index (χ3v) is 1.31. The minimum absolute atomic E-state index is 0.715. The van der Waals surface area contributed by atoms with Gasteiger partial charge in [-0.3, -0.25) is 4.55 Å². The smallest absolute Gasteiger partial charge is 0.261 e. The number of hydrogen-bond donors (Lipinski definition) is 1. The highest BCUT2D eigenvalue weighted by Crippen LogP contribution is 1.83. The number of hydrogen-bond acceptors (Lipinski definition) is 2. The van der Waals surface area contributed by atoms with Crippen molar-refractivity contribution >= 4 is 10.1 Å². The molecule has 0 aliphatic rings. The van der Waals surface area contributed by atoms with Crippen LogP contribution in [-0.4, -0.2) is 19.2 Å². The second kappa shape index (κ2) is 4.94. The summed E-state index contributed by atoms with van der Waals surface area (Å²) < 4.78 is 28.0. The van der Waals surface area contributed by atoms with Crippen molar-refractivity contribution in [3.05, 3.63) is 30.1 Å². The first-order valence-electron chi connectivity index (χ1n) is 3.64. The lowest BCUT2D eigenvalue weighted by Crippen LogP contribution is -2.30. The second-order valence-electron chi connectivity index (χ2n) is 2.69. The summed E-state index contributed by atoms with van der Waals surface area (Å²) in [6, 6.07) is 6.14. The molecule has 0 bridgehead atoms. The van der Waals surface area contributed by atoms with Gasteiger partial charge in [0.05, 0.1) is 6.26 Å². The lowest BCUT2D eigenvalue weighted by molar-refractivity contribution is -0.677. The average Bonchev–Trinajstić information content (AvgIpc) is 1.92. The first-order valence-corrected chi connectivity index (χ1v) is 5.49. The molecule has 0 saturated carbocycles. The predicted octanol–water partition coefficient (Wildman–Crippen LogP) is 0.324. The summed E-state index contributed by atoms with van der Waals surface area (Å²) in [7, 11) is -1.63. The van der Waals surface area contributed by atoms with Gasteiger partial charge in [0.1, 0.15) is 7.05 Å². The fraction of sp³-hybridized carbons (Fsp3) is 0.375. The molecule has 1 aromatic rings. The van der Waals surface area contributed by atoms with Crippen LogP contribution < -0.4 is 4.57 Å². The van der Waals surface area contributed by atoms with Crippen LogP contribution in [0.3, 0.4) is 0 Å². The summed E-state index contributed by atoms with van der Waals surface area (Å²) in [5.41, 5.74) is 1.28. The standard InChI is InChI=1S/C7H10N.CH4O3S/c1-7-5-3-4-6-8(7)2;1-5(2,3)4/h3-6H,1-2H3;1H3,(H,2,3,4)/q+1;. The maximum Gasteiger partial charge on any atom is 0.261 e. The quantitative estimate of drug-likeness (QED) is 0.489. The van der Waals surface area contributed by atoms with Gasteiger partial charge >= 0.3 is 0 Å². The van der Waals surface area contributed by atoms with Crippen LogP contribution in [0.5, 0.6) is 0 Å². The van der Waals surface area contributed by atoms with Crippen LogP contribution in [0.15, 0.2) is 24.4 Å². The molecule has 1 N–H and O–H groups in total. The van der Waals surface area contributed by atoms with Crippen LogP contribution in [0, 0.1) is 6.92 Å². The SMILES string of the molecule is CS(=O)(=O)O.Cc1cccc[n+]1C. The molecule has 0 radical (unpaired) electrons. The van der Waals surface area contributed by atoms with E-state index in [0.29, 0.717) is 6.26 Å². The van der Waals surface area contributed by atoms with Crippen LogP contribution in [0.4, 0.5) is 0 Å². The summed E-state index contributed by atoms with van der Waals surface area (Å²) in [6.07, 6.45) is 2.75. The Hall–Kier alpha value is -0.940. The molecule has 0 spiro atoms. The zero-order valence-corrected chi connectivity index (χ0v) is 8.75. The molecule has 0 aromatic carbocycles. The molecular formula is C8H14NO3S+. The van der Waals surface area contributed by atoms with Gasteiger partial charge in [-0.1, -0.05) is 6.07 Å². The maximum atomic E-state index is 9.19. The van der Waals surface area contributed by atoms with Gasteiger partial charge in [-0.2, -0.15) is 8.42 Å². The lowest BCUT2D eigenvalue weighted by atomic mass is 10.4. The van der Waals surface area contributed by atoms with E-state index in [2.05, 4.69) is 17.6 Å². The van der Waals surface area contributed by atoms with Crippen LogP contribution in [0.1, 0.15) is 5.69 Å². The van der Waals surface area contributed by atoms with Gasteiger partial charge in [-0.15, -0.1) is 0 Å². The van der Waals surface area contributed by atoms with E-state index in [9.17, 15) is 8.42 Å². The van der Waals surface area contributed by atoms with Crippen LogP contribution in [0.2, 0.25) is 0 Å². The van der Waals surface area contributed by atoms with Crippen LogP contribution >= 0.6 is 0 Å². The summed E-state index contributed by atoms with van der Waals surface area (Å²) in [6.45, 7) is 2.08. The Morgan fingerprint density at radius 3 is 2.08 bits per heavy atom. The number of pyridine rings is 1. The zero-order valence-electron chi connectivity index (χ0n) is 7.93. The molecule has 0 fully saturated rings. The molecule has 1 aromatic heterocycles. The Labute approximate surface area is 78.6 Å². The molecule has 4 nitrogen and oxygen atoms in total. The van der Waals surface area contributed by atoms with Gasteiger partial charge in [0.2, 0.25) is 0 Å². The molecule has 0 atom stereocenters.